The molecule has 4 nitrogen and oxygen atoms in total. The summed E-state index contributed by atoms with van der Waals surface area (Å²) in [5.74, 6) is -0.292. The molecule has 0 spiro atoms. The van der Waals surface area contributed by atoms with E-state index in [2.05, 4.69) is 5.32 Å². The molecule has 1 amide bonds. The Balaban J connectivity index is 2.41. The van der Waals surface area contributed by atoms with Crippen molar-refractivity contribution in [2.45, 2.75) is 38.9 Å². The fourth-order valence-electron chi connectivity index (χ4n) is 1.75. The molecule has 0 radical (unpaired) electrons. The summed E-state index contributed by atoms with van der Waals surface area (Å²) in [6, 6.07) is 7.41. The number of benzene rings is 1. The Labute approximate surface area is 121 Å². The van der Waals surface area contributed by atoms with Gasteiger partial charge in [0.2, 0.25) is 5.91 Å². The van der Waals surface area contributed by atoms with Crippen LogP contribution in [0.15, 0.2) is 24.3 Å². The first kappa shape index (κ1) is 16.7. The van der Waals surface area contributed by atoms with Crippen molar-refractivity contribution in [2.24, 2.45) is 0 Å². The van der Waals surface area contributed by atoms with Crippen LogP contribution in [0.3, 0.4) is 0 Å². The van der Waals surface area contributed by atoms with Crippen molar-refractivity contribution in [1.82, 2.24) is 5.32 Å². The fourth-order valence-corrected chi connectivity index (χ4v) is 3.09. The summed E-state index contributed by atoms with van der Waals surface area (Å²) in [4.78, 5) is 11.5. The molecular formula is C15H23NO3S. The standard InChI is InChI=1S/C15H23NO3S/c1-3-4-10-16-15(17)9-11-20(18,19)12-14-7-5-13(2)6-8-14/h5-8H,3-4,9-12H2,1-2H3,(H,16,17). The van der Waals surface area contributed by atoms with Gasteiger partial charge >= 0.3 is 0 Å². The summed E-state index contributed by atoms with van der Waals surface area (Å²) in [6.07, 6.45) is 1.96. The maximum absolute atomic E-state index is 11.9. The van der Waals surface area contributed by atoms with Gasteiger partial charge in [-0.15, -0.1) is 0 Å². The van der Waals surface area contributed by atoms with Crippen LogP contribution >= 0.6 is 0 Å². The number of nitrogens with one attached hydrogen (secondary N) is 1. The molecule has 0 aliphatic heterocycles. The monoisotopic (exact) mass is 297 g/mol. The fraction of sp³-hybridized carbons (Fsp3) is 0.533. The van der Waals surface area contributed by atoms with E-state index in [1.165, 1.54) is 0 Å². The lowest BCUT2D eigenvalue weighted by Gasteiger charge is -2.06. The van der Waals surface area contributed by atoms with Gasteiger partial charge in [0.1, 0.15) is 0 Å². The molecule has 0 saturated heterocycles. The molecule has 20 heavy (non-hydrogen) atoms. The van der Waals surface area contributed by atoms with Gasteiger partial charge in [0.25, 0.3) is 0 Å². The minimum atomic E-state index is -3.23. The maximum atomic E-state index is 11.9. The minimum absolute atomic E-state index is 0.00444. The van der Waals surface area contributed by atoms with Gasteiger partial charge in [-0.2, -0.15) is 0 Å². The third-order valence-electron chi connectivity index (χ3n) is 3.00. The molecule has 1 aromatic rings. The first-order valence-electron chi connectivity index (χ1n) is 6.95. The second-order valence-electron chi connectivity index (χ2n) is 5.03. The summed E-state index contributed by atoms with van der Waals surface area (Å²) in [7, 11) is -3.23. The zero-order valence-electron chi connectivity index (χ0n) is 12.2. The summed E-state index contributed by atoms with van der Waals surface area (Å²) in [5.41, 5.74) is 1.86. The van der Waals surface area contributed by atoms with E-state index in [0.717, 1.165) is 24.0 Å². The molecular weight excluding hydrogens is 274 g/mol. The minimum Gasteiger partial charge on any atom is -0.356 e. The predicted octanol–water partition coefficient (Wildman–Crippen LogP) is 2.22. The molecule has 1 rings (SSSR count). The van der Waals surface area contributed by atoms with E-state index in [0.29, 0.717) is 6.54 Å². The third kappa shape index (κ3) is 6.70. The molecule has 5 heteroatoms. The van der Waals surface area contributed by atoms with Gasteiger partial charge in [0, 0.05) is 13.0 Å². The van der Waals surface area contributed by atoms with Crippen LogP contribution in [-0.4, -0.2) is 26.6 Å². The van der Waals surface area contributed by atoms with Crippen molar-refractivity contribution in [2.75, 3.05) is 12.3 Å². The van der Waals surface area contributed by atoms with Crippen LogP contribution < -0.4 is 5.32 Å². The SMILES string of the molecule is CCCCNC(=O)CCS(=O)(=O)Cc1ccc(C)cc1. The molecule has 1 aromatic carbocycles. The Morgan fingerprint density at radius 2 is 1.85 bits per heavy atom. The van der Waals surface area contributed by atoms with Crippen molar-refractivity contribution in [3.63, 3.8) is 0 Å². The normalized spacial score (nSPS) is 11.3. The molecule has 0 fully saturated rings. The van der Waals surface area contributed by atoms with Crippen LogP contribution in [0, 0.1) is 6.92 Å². The van der Waals surface area contributed by atoms with Gasteiger partial charge < -0.3 is 5.32 Å². The second kappa shape index (κ2) is 8.04. The number of hydrogen-bond donors (Lipinski definition) is 1. The van der Waals surface area contributed by atoms with Crippen LogP contribution in [0.1, 0.15) is 37.3 Å². The highest BCUT2D eigenvalue weighted by atomic mass is 32.2. The second-order valence-corrected chi connectivity index (χ2v) is 7.22. The average molecular weight is 297 g/mol. The van der Waals surface area contributed by atoms with Crippen molar-refractivity contribution in [1.29, 1.82) is 0 Å². The molecule has 112 valence electrons. The van der Waals surface area contributed by atoms with Crippen LogP contribution in [-0.2, 0) is 20.4 Å². The molecule has 0 bridgehead atoms. The van der Waals surface area contributed by atoms with Gasteiger partial charge in [0.05, 0.1) is 11.5 Å². The number of hydrogen-bond acceptors (Lipinski definition) is 3. The van der Waals surface area contributed by atoms with E-state index < -0.39 is 9.84 Å². The molecule has 0 aromatic heterocycles. The maximum Gasteiger partial charge on any atom is 0.221 e. The highest BCUT2D eigenvalue weighted by Gasteiger charge is 2.14. The van der Waals surface area contributed by atoms with E-state index in [4.69, 9.17) is 0 Å². The number of aryl methyl sites for hydroxylation is 1. The van der Waals surface area contributed by atoms with Crippen LogP contribution in [0.5, 0.6) is 0 Å². The van der Waals surface area contributed by atoms with E-state index in [1.807, 2.05) is 38.1 Å². The van der Waals surface area contributed by atoms with E-state index in [9.17, 15) is 13.2 Å². The van der Waals surface area contributed by atoms with Gasteiger partial charge in [-0.05, 0) is 18.9 Å². The molecule has 0 unspecified atom stereocenters. The molecule has 0 aliphatic rings. The molecule has 0 atom stereocenters. The summed E-state index contributed by atoms with van der Waals surface area (Å²) >= 11 is 0. The predicted molar refractivity (Wildman–Crippen MR) is 81.2 cm³/mol. The first-order chi connectivity index (χ1) is 9.43. The molecule has 0 heterocycles. The highest BCUT2D eigenvalue weighted by molar-refractivity contribution is 7.90. The van der Waals surface area contributed by atoms with Gasteiger partial charge in [-0.25, -0.2) is 8.42 Å². The number of sulfone groups is 1. The Hall–Kier alpha value is -1.36. The highest BCUT2D eigenvalue weighted by Crippen LogP contribution is 2.09. The Morgan fingerprint density at radius 3 is 2.45 bits per heavy atom. The van der Waals surface area contributed by atoms with Crippen molar-refractivity contribution in [3.05, 3.63) is 35.4 Å². The van der Waals surface area contributed by atoms with Gasteiger partial charge in [0.15, 0.2) is 9.84 Å². The third-order valence-corrected chi connectivity index (χ3v) is 4.60. The van der Waals surface area contributed by atoms with Gasteiger partial charge in [-0.3, -0.25) is 4.79 Å². The number of amides is 1. The van der Waals surface area contributed by atoms with Crippen molar-refractivity contribution < 1.29 is 13.2 Å². The molecule has 0 saturated carbocycles. The number of carbonyl (C=O) groups excluding carboxylic acids is 1. The average Bonchev–Trinajstić information content (AvgIpc) is 2.39. The van der Waals surface area contributed by atoms with Crippen LogP contribution in [0.25, 0.3) is 0 Å². The lowest BCUT2D eigenvalue weighted by molar-refractivity contribution is -0.120. The van der Waals surface area contributed by atoms with E-state index in [1.54, 1.807) is 0 Å². The van der Waals surface area contributed by atoms with E-state index in [-0.39, 0.29) is 23.8 Å². The number of rotatable bonds is 8. The summed E-state index contributed by atoms with van der Waals surface area (Å²) in [5, 5.41) is 2.72. The smallest absolute Gasteiger partial charge is 0.221 e. The number of carbonyl (C=O) groups is 1. The van der Waals surface area contributed by atoms with Gasteiger partial charge in [-0.1, -0.05) is 43.2 Å². The van der Waals surface area contributed by atoms with Crippen LogP contribution in [0.2, 0.25) is 0 Å². The summed E-state index contributed by atoms with van der Waals surface area (Å²) < 4.78 is 23.9. The Bertz CT molecular complexity index is 521. The topological polar surface area (TPSA) is 63.2 Å². The molecule has 0 aliphatic carbocycles. The van der Waals surface area contributed by atoms with Crippen molar-refractivity contribution in [3.8, 4) is 0 Å². The Kier molecular flexibility index (Phi) is 6.71. The zero-order valence-corrected chi connectivity index (χ0v) is 13.0. The van der Waals surface area contributed by atoms with Crippen molar-refractivity contribution >= 4 is 15.7 Å². The van der Waals surface area contributed by atoms with Crippen LogP contribution in [0.4, 0.5) is 0 Å². The molecule has 1 N–H and O–H groups in total. The lowest BCUT2D eigenvalue weighted by atomic mass is 10.2. The first-order valence-corrected chi connectivity index (χ1v) is 8.78. The van der Waals surface area contributed by atoms with E-state index >= 15 is 0 Å². The largest absolute Gasteiger partial charge is 0.356 e. The number of unbranched alkanes of at least 4 members (excludes halogenated alkanes) is 1. The summed E-state index contributed by atoms with van der Waals surface area (Å²) in [6.45, 7) is 4.62. The zero-order chi connectivity index (χ0) is 15.0. The quantitative estimate of drug-likeness (QED) is 0.748. The lowest BCUT2D eigenvalue weighted by Crippen LogP contribution is -2.26. The Morgan fingerprint density at radius 1 is 1.20 bits per heavy atom.